The van der Waals surface area contributed by atoms with E-state index >= 15 is 0 Å². The SMILES string of the molecule is CCC.O=C(O)C(c1ccccc1)c1ccccc1. The molecule has 0 unspecified atom stereocenters. The Hall–Kier alpha value is -2.09. The van der Waals surface area contributed by atoms with Crippen molar-refractivity contribution < 1.29 is 9.90 Å². The monoisotopic (exact) mass is 256 g/mol. The molecule has 0 spiro atoms. The van der Waals surface area contributed by atoms with Crippen LogP contribution >= 0.6 is 0 Å². The normalized spacial score (nSPS) is 9.63. The summed E-state index contributed by atoms with van der Waals surface area (Å²) >= 11 is 0. The Balaban J connectivity index is 0.000000550. The average Bonchev–Trinajstić information content (AvgIpc) is 2.42. The highest BCUT2D eigenvalue weighted by Gasteiger charge is 2.20. The van der Waals surface area contributed by atoms with Crippen molar-refractivity contribution in [1.29, 1.82) is 0 Å². The van der Waals surface area contributed by atoms with E-state index in [1.807, 2.05) is 60.7 Å². The van der Waals surface area contributed by atoms with Gasteiger partial charge in [-0.3, -0.25) is 4.79 Å². The minimum atomic E-state index is -0.822. The van der Waals surface area contributed by atoms with E-state index in [1.165, 1.54) is 6.42 Å². The van der Waals surface area contributed by atoms with Gasteiger partial charge in [0.15, 0.2) is 0 Å². The minimum absolute atomic E-state index is 0.581. The van der Waals surface area contributed by atoms with Crippen molar-refractivity contribution in [2.45, 2.75) is 26.2 Å². The topological polar surface area (TPSA) is 37.3 Å². The van der Waals surface area contributed by atoms with E-state index < -0.39 is 11.9 Å². The smallest absolute Gasteiger partial charge is 0.315 e. The molecule has 0 fully saturated rings. The summed E-state index contributed by atoms with van der Waals surface area (Å²) in [4.78, 5) is 11.3. The molecule has 1 N–H and O–H groups in total. The Labute approximate surface area is 114 Å². The van der Waals surface area contributed by atoms with Crippen LogP contribution in [-0.4, -0.2) is 11.1 Å². The molecule has 2 rings (SSSR count). The first-order valence-corrected chi connectivity index (χ1v) is 6.53. The van der Waals surface area contributed by atoms with Crippen molar-refractivity contribution in [3.8, 4) is 0 Å². The fraction of sp³-hybridized carbons (Fsp3) is 0.235. The molecule has 2 aromatic carbocycles. The van der Waals surface area contributed by atoms with E-state index in [1.54, 1.807) is 0 Å². The first kappa shape index (κ1) is 15.0. The van der Waals surface area contributed by atoms with Crippen LogP contribution in [-0.2, 0) is 4.79 Å². The Bertz CT molecular complexity index is 438. The molecule has 0 aliphatic rings. The molecular weight excluding hydrogens is 236 g/mol. The Kier molecular flexibility index (Phi) is 6.37. The third-order valence-corrected chi connectivity index (χ3v) is 2.51. The van der Waals surface area contributed by atoms with Crippen LogP contribution in [0.25, 0.3) is 0 Å². The van der Waals surface area contributed by atoms with Gasteiger partial charge in [0.25, 0.3) is 0 Å². The molecule has 0 aromatic heterocycles. The van der Waals surface area contributed by atoms with Gasteiger partial charge in [-0.2, -0.15) is 0 Å². The number of carboxylic acid groups (broad SMARTS) is 1. The number of carboxylic acids is 1. The molecule has 2 aromatic rings. The molecule has 0 saturated heterocycles. The minimum Gasteiger partial charge on any atom is -0.481 e. The van der Waals surface area contributed by atoms with E-state index in [4.69, 9.17) is 0 Å². The lowest BCUT2D eigenvalue weighted by atomic mass is 9.92. The summed E-state index contributed by atoms with van der Waals surface area (Å²) in [6.45, 7) is 4.25. The van der Waals surface area contributed by atoms with Gasteiger partial charge < -0.3 is 5.11 Å². The lowest BCUT2D eigenvalue weighted by Crippen LogP contribution is -2.12. The fourth-order valence-electron chi connectivity index (χ4n) is 1.77. The van der Waals surface area contributed by atoms with Crippen LogP contribution < -0.4 is 0 Å². The third-order valence-electron chi connectivity index (χ3n) is 2.51. The van der Waals surface area contributed by atoms with E-state index in [2.05, 4.69) is 13.8 Å². The van der Waals surface area contributed by atoms with Gasteiger partial charge in [0.2, 0.25) is 0 Å². The second-order valence-electron chi connectivity index (χ2n) is 4.30. The zero-order valence-electron chi connectivity index (χ0n) is 11.4. The van der Waals surface area contributed by atoms with Crippen LogP contribution in [0.1, 0.15) is 37.3 Å². The lowest BCUT2D eigenvalue weighted by molar-refractivity contribution is -0.137. The summed E-state index contributed by atoms with van der Waals surface area (Å²) in [5.41, 5.74) is 1.61. The molecule has 0 saturated carbocycles. The number of carbonyl (C=O) groups is 1. The molecule has 2 nitrogen and oxygen atoms in total. The molecule has 100 valence electrons. The summed E-state index contributed by atoms with van der Waals surface area (Å²) in [6, 6.07) is 18.5. The van der Waals surface area contributed by atoms with E-state index in [9.17, 15) is 9.90 Å². The maximum atomic E-state index is 11.3. The predicted octanol–water partition coefficient (Wildman–Crippen LogP) is 4.32. The second-order valence-corrected chi connectivity index (χ2v) is 4.30. The molecule has 19 heavy (non-hydrogen) atoms. The van der Waals surface area contributed by atoms with Gasteiger partial charge in [-0.25, -0.2) is 0 Å². The van der Waals surface area contributed by atoms with Crippen LogP contribution in [0.3, 0.4) is 0 Å². The maximum absolute atomic E-state index is 11.3. The van der Waals surface area contributed by atoms with Crippen molar-refractivity contribution in [2.75, 3.05) is 0 Å². The Morgan fingerprint density at radius 3 is 1.47 bits per heavy atom. The summed E-state index contributed by atoms with van der Waals surface area (Å²) in [7, 11) is 0. The maximum Gasteiger partial charge on any atom is 0.315 e. The van der Waals surface area contributed by atoms with Crippen molar-refractivity contribution in [2.24, 2.45) is 0 Å². The van der Waals surface area contributed by atoms with Gasteiger partial charge in [-0.1, -0.05) is 80.9 Å². The first-order valence-electron chi connectivity index (χ1n) is 6.53. The molecule has 2 heteroatoms. The van der Waals surface area contributed by atoms with Gasteiger partial charge in [0, 0.05) is 0 Å². The number of rotatable bonds is 3. The zero-order chi connectivity index (χ0) is 14.1. The first-order chi connectivity index (χ1) is 9.20. The lowest BCUT2D eigenvalue weighted by Gasteiger charge is -2.12. The van der Waals surface area contributed by atoms with E-state index in [0.717, 1.165) is 11.1 Å². The van der Waals surface area contributed by atoms with Gasteiger partial charge in [0.1, 0.15) is 5.92 Å². The fourth-order valence-corrected chi connectivity index (χ4v) is 1.77. The largest absolute Gasteiger partial charge is 0.481 e. The molecule has 0 bridgehead atoms. The van der Waals surface area contributed by atoms with Crippen molar-refractivity contribution in [3.05, 3.63) is 71.8 Å². The summed E-state index contributed by atoms with van der Waals surface area (Å²) in [6.07, 6.45) is 1.25. The summed E-state index contributed by atoms with van der Waals surface area (Å²) in [5, 5.41) is 9.28. The van der Waals surface area contributed by atoms with Crippen LogP contribution in [0.4, 0.5) is 0 Å². The van der Waals surface area contributed by atoms with Crippen LogP contribution in [0.5, 0.6) is 0 Å². The standard InChI is InChI=1S/C14H12O2.C3H8/c15-14(16)13(11-7-3-1-4-8-11)12-9-5-2-6-10-12;1-3-2/h1-10,13H,(H,15,16);3H2,1-2H3. The Morgan fingerprint density at radius 1 is 0.895 bits per heavy atom. The Morgan fingerprint density at radius 2 is 1.21 bits per heavy atom. The molecular formula is C17H20O2. The molecule has 0 radical (unpaired) electrons. The number of benzene rings is 2. The average molecular weight is 256 g/mol. The van der Waals surface area contributed by atoms with Gasteiger partial charge in [0.05, 0.1) is 0 Å². The molecule has 0 atom stereocenters. The van der Waals surface area contributed by atoms with Crippen LogP contribution in [0.15, 0.2) is 60.7 Å². The highest BCUT2D eigenvalue weighted by atomic mass is 16.4. The number of aliphatic carboxylic acids is 1. The summed E-state index contributed by atoms with van der Waals surface area (Å²) in [5.74, 6) is -1.40. The highest BCUT2D eigenvalue weighted by Crippen LogP contribution is 2.24. The molecule has 0 amide bonds. The second kappa shape index (κ2) is 8.09. The zero-order valence-corrected chi connectivity index (χ0v) is 11.4. The van der Waals surface area contributed by atoms with Gasteiger partial charge in [-0.15, -0.1) is 0 Å². The van der Waals surface area contributed by atoms with E-state index in [0.29, 0.717) is 0 Å². The summed E-state index contributed by atoms with van der Waals surface area (Å²) < 4.78 is 0. The molecule has 0 aliphatic carbocycles. The molecule has 0 aliphatic heterocycles. The van der Waals surface area contributed by atoms with Crippen LogP contribution in [0.2, 0.25) is 0 Å². The predicted molar refractivity (Wildman–Crippen MR) is 78.3 cm³/mol. The molecule has 0 heterocycles. The third kappa shape index (κ3) is 4.59. The van der Waals surface area contributed by atoms with Crippen LogP contribution in [0, 0.1) is 0 Å². The van der Waals surface area contributed by atoms with Gasteiger partial charge in [-0.05, 0) is 11.1 Å². The number of hydrogen-bond acceptors (Lipinski definition) is 1. The quantitative estimate of drug-likeness (QED) is 0.888. The van der Waals surface area contributed by atoms with Crippen molar-refractivity contribution >= 4 is 5.97 Å². The van der Waals surface area contributed by atoms with Crippen molar-refractivity contribution in [3.63, 3.8) is 0 Å². The highest BCUT2D eigenvalue weighted by molar-refractivity contribution is 5.80. The van der Waals surface area contributed by atoms with Gasteiger partial charge >= 0.3 is 5.97 Å². The number of hydrogen-bond donors (Lipinski definition) is 1. The van der Waals surface area contributed by atoms with E-state index in [-0.39, 0.29) is 0 Å². The van der Waals surface area contributed by atoms with Crippen molar-refractivity contribution in [1.82, 2.24) is 0 Å².